The van der Waals surface area contributed by atoms with E-state index in [1.54, 1.807) is 12.1 Å². The van der Waals surface area contributed by atoms with Crippen LogP contribution in [-0.2, 0) is 11.3 Å². The molecule has 2 aromatic heterocycles. The van der Waals surface area contributed by atoms with Gasteiger partial charge < -0.3 is 30.3 Å². The van der Waals surface area contributed by atoms with Crippen LogP contribution < -0.4 is 10.1 Å². The molecular weight excluding hydrogens is 496 g/mol. The van der Waals surface area contributed by atoms with Crippen molar-refractivity contribution in [1.29, 1.82) is 0 Å². The number of likely N-dealkylation sites (tertiary alicyclic amines) is 1. The van der Waals surface area contributed by atoms with Crippen molar-refractivity contribution in [2.45, 2.75) is 31.5 Å². The Morgan fingerprint density at radius 1 is 1.10 bits per heavy atom. The second-order valence-corrected chi connectivity index (χ2v) is 9.79. The van der Waals surface area contributed by atoms with Crippen molar-refractivity contribution < 1.29 is 24.9 Å². The minimum absolute atomic E-state index is 0.189. The number of piperidine rings is 1. The molecule has 1 aliphatic heterocycles. The normalized spacial score (nSPS) is 15.7. The van der Waals surface area contributed by atoms with Crippen LogP contribution in [0.4, 0.5) is 0 Å². The maximum absolute atomic E-state index is 11.2. The van der Waals surface area contributed by atoms with Gasteiger partial charge in [0.1, 0.15) is 11.3 Å². The number of ether oxygens (including phenoxy) is 1. The number of carbonyl (C=O) groups is 1. The Kier molecular flexibility index (Phi) is 8.02. The van der Waals surface area contributed by atoms with E-state index >= 15 is 0 Å². The quantitative estimate of drug-likeness (QED) is 0.239. The van der Waals surface area contributed by atoms with E-state index in [1.165, 1.54) is 13.2 Å². The molecule has 1 atom stereocenters. The number of methoxy groups -OCH3 is 1. The molecule has 0 saturated carbocycles. The Bertz CT molecular complexity index is 1510. The van der Waals surface area contributed by atoms with Gasteiger partial charge in [0.2, 0.25) is 5.88 Å². The van der Waals surface area contributed by atoms with Gasteiger partial charge in [-0.2, -0.15) is 0 Å². The molecule has 2 aromatic carbocycles. The predicted octanol–water partition coefficient (Wildman–Crippen LogP) is 3.88. The van der Waals surface area contributed by atoms with Gasteiger partial charge in [0.25, 0.3) is 0 Å². The van der Waals surface area contributed by atoms with Gasteiger partial charge in [-0.3, -0.25) is 0 Å². The lowest BCUT2D eigenvalue weighted by molar-refractivity contribution is -0.131. The summed E-state index contributed by atoms with van der Waals surface area (Å²) in [6.07, 6.45) is 3.74. The lowest BCUT2D eigenvalue weighted by Gasteiger charge is -2.33. The highest BCUT2D eigenvalue weighted by molar-refractivity contribution is 5.94. The number of β-amino-alcohol motifs (C(OH)–C–C–N with tert-alkyl or cyclic N) is 1. The van der Waals surface area contributed by atoms with Crippen LogP contribution in [0.1, 0.15) is 35.8 Å². The van der Waals surface area contributed by atoms with Crippen LogP contribution in [0.3, 0.4) is 0 Å². The van der Waals surface area contributed by atoms with Gasteiger partial charge in [0, 0.05) is 47.6 Å². The highest BCUT2D eigenvalue weighted by Gasteiger charge is 2.23. The number of hydrogen-bond donors (Lipinski definition) is 4. The molecule has 9 heteroatoms. The van der Waals surface area contributed by atoms with E-state index in [-0.39, 0.29) is 5.75 Å². The summed E-state index contributed by atoms with van der Waals surface area (Å²) in [5, 5.41) is 35.6. The van der Waals surface area contributed by atoms with Crippen molar-refractivity contribution in [1.82, 2.24) is 20.2 Å². The molecule has 9 nitrogen and oxygen atoms in total. The highest BCUT2D eigenvalue weighted by atomic mass is 16.5. The van der Waals surface area contributed by atoms with E-state index in [2.05, 4.69) is 20.2 Å². The maximum Gasteiger partial charge on any atom is 0.328 e. The molecule has 0 aliphatic carbocycles. The minimum atomic E-state index is -1.03. The number of aromatic nitrogens is 2. The van der Waals surface area contributed by atoms with Crippen LogP contribution >= 0.6 is 0 Å². The van der Waals surface area contributed by atoms with Crippen molar-refractivity contribution >= 4 is 33.9 Å². The molecule has 0 spiro atoms. The largest absolute Gasteiger partial charge is 0.506 e. The van der Waals surface area contributed by atoms with E-state index in [1.807, 2.05) is 42.5 Å². The molecule has 0 amide bonds. The number of para-hydroxylation sites is 1. The summed E-state index contributed by atoms with van der Waals surface area (Å²) in [7, 11) is 1.54. The Morgan fingerprint density at radius 3 is 2.69 bits per heavy atom. The monoisotopic (exact) mass is 528 g/mol. The SMILES string of the molecule is COc1ccc2c(/C=C/C(=O)O)ccc(C(O)CN3CCC(NCc4ccc5cccc(O)c5n4)CC3)c2n1. The standard InChI is InChI=1S/C30H32N4O5/c1-39-27-11-10-23-19(7-12-28(37)38)6-9-24(30(23)33-27)26(36)18-34-15-13-21(14-16-34)31-17-22-8-5-20-3-2-4-25(35)29(20)32-22/h2-12,21,26,31,35-36H,13-18H2,1H3,(H,37,38)/b12-7+. The number of aromatic hydroxyl groups is 1. The van der Waals surface area contributed by atoms with Crippen molar-refractivity contribution in [2.24, 2.45) is 0 Å². The summed E-state index contributed by atoms with van der Waals surface area (Å²) in [5.41, 5.74) is 3.49. The molecule has 5 rings (SSSR count). The zero-order valence-electron chi connectivity index (χ0n) is 21.7. The fourth-order valence-corrected chi connectivity index (χ4v) is 5.11. The van der Waals surface area contributed by atoms with Crippen LogP contribution in [0.15, 0.2) is 60.7 Å². The minimum Gasteiger partial charge on any atom is -0.506 e. The third-order valence-electron chi connectivity index (χ3n) is 7.22. The van der Waals surface area contributed by atoms with Gasteiger partial charge in [-0.05, 0) is 55.8 Å². The molecule has 4 aromatic rings. The van der Waals surface area contributed by atoms with E-state index in [9.17, 15) is 15.0 Å². The van der Waals surface area contributed by atoms with E-state index in [0.29, 0.717) is 47.2 Å². The van der Waals surface area contributed by atoms with Gasteiger partial charge in [-0.1, -0.05) is 30.3 Å². The number of carboxylic acids is 1. The van der Waals surface area contributed by atoms with Crippen molar-refractivity contribution in [3.05, 3.63) is 77.5 Å². The summed E-state index contributed by atoms with van der Waals surface area (Å²) in [4.78, 5) is 22.4. The lowest BCUT2D eigenvalue weighted by atomic mass is 9.98. The van der Waals surface area contributed by atoms with Gasteiger partial charge >= 0.3 is 5.97 Å². The second kappa shape index (κ2) is 11.8. The molecule has 39 heavy (non-hydrogen) atoms. The molecule has 4 N–H and O–H groups in total. The van der Waals surface area contributed by atoms with Gasteiger partial charge in [-0.15, -0.1) is 0 Å². The summed E-state index contributed by atoms with van der Waals surface area (Å²) < 4.78 is 5.30. The van der Waals surface area contributed by atoms with Crippen LogP contribution in [-0.4, -0.2) is 68.9 Å². The molecule has 3 heterocycles. The highest BCUT2D eigenvalue weighted by Crippen LogP contribution is 2.30. The number of phenolic OH excluding ortho intramolecular Hbond substituents is 1. The van der Waals surface area contributed by atoms with Crippen LogP contribution in [0.5, 0.6) is 11.6 Å². The fourth-order valence-electron chi connectivity index (χ4n) is 5.11. The number of nitrogens with one attached hydrogen (secondary N) is 1. The number of nitrogens with zero attached hydrogens (tertiary/aromatic N) is 3. The number of rotatable bonds is 9. The average Bonchev–Trinajstić information content (AvgIpc) is 2.95. The third kappa shape index (κ3) is 6.17. The first kappa shape index (κ1) is 26.6. The Morgan fingerprint density at radius 2 is 1.92 bits per heavy atom. The number of hydrogen-bond acceptors (Lipinski definition) is 8. The number of benzene rings is 2. The Balaban J connectivity index is 1.21. The van der Waals surface area contributed by atoms with E-state index in [4.69, 9.17) is 9.84 Å². The third-order valence-corrected chi connectivity index (χ3v) is 7.22. The lowest BCUT2D eigenvalue weighted by Crippen LogP contribution is -2.43. The molecule has 0 radical (unpaired) electrons. The molecule has 1 unspecified atom stereocenters. The van der Waals surface area contributed by atoms with Gasteiger partial charge in [-0.25, -0.2) is 14.8 Å². The van der Waals surface area contributed by atoms with E-state index in [0.717, 1.165) is 48.5 Å². The number of aliphatic hydroxyl groups is 1. The molecular formula is C30H32N4O5. The van der Waals surface area contributed by atoms with Gasteiger partial charge in [0.05, 0.1) is 24.4 Å². The summed E-state index contributed by atoms with van der Waals surface area (Å²) >= 11 is 0. The van der Waals surface area contributed by atoms with Crippen LogP contribution in [0.2, 0.25) is 0 Å². The zero-order chi connectivity index (χ0) is 27.4. The number of aliphatic carboxylic acids is 1. The maximum atomic E-state index is 11.2. The first-order valence-electron chi connectivity index (χ1n) is 13.0. The molecule has 1 saturated heterocycles. The topological polar surface area (TPSA) is 128 Å². The van der Waals surface area contributed by atoms with Crippen molar-refractivity contribution in [2.75, 3.05) is 26.7 Å². The van der Waals surface area contributed by atoms with Crippen molar-refractivity contribution in [3.63, 3.8) is 0 Å². The molecule has 0 bridgehead atoms. The Hall–Kier alpha value is -4.05. The molecule has 1 fully saturated rings. The summed E-state index contributed by atoms with van der Waals surface area (Å²) in [6.45, 7) is 2.78. The number of carboxylic acid groups (broad SMARTS) is 1. The predicted molar refractivity (Wildman–Crippen MR) is 150 cm³/mol. The summed E-state index contributed by atoms with van der Waals surface area (Å²) in [6, 6.07) is 16.9. The molecule has 1 aliphatic rings. The zero-order valence-corrected chi connectivity index (χ0v) is 21.7. The molecule has 202 valence electrons. The number of phenols is 1. The van der Waals surface area contributed by atoms with Crippen LogP contribution in [0, 0.1) is 0 Å². The van der Waals surface area contributed by atoms with Crippen molar-refractivity contribution in [3.8, 4) is 11.6 Å². The average molecular weight is 529 g/mol. The fraction of sp³-hybridized carbons (Fsp3) is 0.300. The first-order valence-corrected chi connectivity index (χ1v) is 13.0. The second-order valence-electron chi connectivity index (χ2n) is 9.79. The number of pyridine rings is 2. The number of fused-ring (bicyclic) bond motifs is 2. The first-order chi connectivity index (χ1) is 18.9. The van der Waals surface area contributed by atoms with Crippen LogP contribution in [0.25, 0.3) is 27.9 Å². The van der Waals surface area contributed by atoms with E-state index < -0.39 is 12.1 Å². The smallest absolute Gasteiger partial charge is 0.328 e. The Labute approximate surface area is 226 Å². The number of aliphatic hydroxyl groups excluding tert-OH is 1. The van der Waals surface area contributed by atoms with Gasteiger partial charge in [0.15, 0.2) is 0 Å². The summed E-state index contributed by atoms with van der Waals surface area (Å²) in [5.74, 6) is -0.410.